The van der Waals surface area contributed by atoms with E-state index in [1.165, 1.54) is 26.2 Å². The minimum Gasteiger partial charge on any atom is -0.494 e. The van der Waals surface area contributed by atoms with E-state index in [9.17, 15) is 14.4 Å². The van der Waals surface area contributed by atoms with Crippen LogP contribution in [-0.2, 0) is 4.79 Å². The Balaban J connectivity index is 1.71. The van der Waals surface area contributed by atoms with Gasteiger partial charge in [0.05, 0.1) is 24.4 Å². The molecular weight excluding hydrogens is 462 g/mol. The molecule has 0 radical (unpaired) electrons. The summed E-state index contributed by atoms with van der Waals surface area (Å²) in [5.74, 6) is -0.340. The molecule has 36 heavy (non-hydrogen) atoms. The van der Waals surface area contributed by atoms with Crippen molar-refractivity contribution >= 4 is 35.0 Å². The molecule has 0 bridgehead atoms. The number of urea groups is 1. The summed E-state index contributed by atoms with van der Waals surface area (Å²) in [6, 6.07) is 17.8. The number of hydrogen-bond acceptors (Lipinski definition) is 5. The Labute approximate surface area is 209 Å². The summed E-state index contributed by atoms with van der Waals surface area (Å²) in [6.07, 6.45) is 0. The van der Waals surface area contributed by atoms with Gasteiger partial charge in [-0.05, 0) is 61.9 Å². The van der Waals surface area contributed by atoms with Gasteiger partial charge in [0.1, 0.15) is 18.1 Å². The lowest BCUT2D eigenvalue weighted by molar-refractivity contribution is -0.117. The number of carbonyl (C=O) groups excluding carboxylic acids is 2. The average Bonchev–Trinajstić information content (AvgIpc) is 2.85. The van der Waals surface area contributed by atoms with Crippen LogP contribution >= 0.6 is 0 Å². The molecule has 188 valence electrons. The van der Waals surface area contributed by atoms with Gasteiger partial charge < -0.3 is 30.1 Å². The van der Waals surface area contributed by atoms with E-state index >= 15 is 0 Å². The van der Waals surface area contributed by atoms with E-state index in [2.05, 4.69) is 10.6 Å². The van der Waals surface area contributed by atoms with Gasteiger partial charge in [-0.1, -0.05) is 18.2 Å². The van der Waals surface area contributed by atoms with Gasteiger partial charge in [-0.15, -0.1) is 0 Å². The Morgan fingerprint density at radius 3 is 2.25 bits per heavy atom. The summed E-state index contributed by atoms with van der Waals surface area (Å²) in [5, 5.41) is 14.6. The SMILES string of the molecule is COc1cc(N(C(C)=O)[C@@H](C)COc2ccc(C(=O)O)cc2)ccc1NC(=O)Nc1ccccc1C. The molecule has 0 saturated heterocycles. The van der Waals surface area contributed by atoms with Crippen LogP contribution in [0.25, 0.3) is 0 Å². The number of benzene rings is 3. The van der Waals surface area contributed by atoms with Gasteiger partial charge in [0.15, 0.2) is 0 Å². The molecule has 0 aliphatic heterocycles. The maximum Gasteiger partial charge on any atom is 0.335 e. The number of aryl methyl sites for hydroxylation is 1. The molecule has 9 nitrogen and oxygen atoms in total. The maximum atomic E-state index is 12.5. The third-order valence-electron chi connectivity index (χ3n) is 5.48. The van der Waals surface area contributed by atoms with Crippen molar-refractivity contribution in [2.75, 3.05) is 29.3 Å². The Kier molecular flexibility index (Phi) is 8.51. The molecule has 1 atom stereocenters. The molecule has 0 aliphatic rings. The van der Waals surface area contributed by atoms with Gasteiger partial charge in [0.25, 0.3) is 0 Å². The number of para-hydroxylation sites is 1. The summed E-state index contributed by atoms with van der Waals surface area (Å²) in [6.45, 7) is 5.36. The van der Waals surface area contributed by atoms with Crippen LogP contribution in [0.15, 0.2) is 66.7 Å². The van der Waals surface area contributed by atoms with Crippen molar-refractivity contribution in [3.63, 3.8) is 0 Å². The van der Waals surface area contributed by atoms with Crippen LogP contribution in [0.2, 0.25) is 0 Å². The zero-order valence-electron chi connectivity index (χ0n) is 20.6. The second kappa shape index (κ2) is 11.7. The van der Waals surface area contributed by atoms with Crippen molar-refractivity contribution in [3.05, 3.63) is 77.9 Å². The molecule has 9 heteroatoms. The lowest BCUT2D eigenvalue weighted by Crippen LogP contribution is -2.40. The fourth-order valence-corrected chi connectivity index (χ4v) is 3.65. The van der Waals surface area contributed by atoms with Gasteiger partial charge in [-0.25, -0.2) is 9.59 Å². The molecule has 3 N–H and O–H groups in total. The number of carboxylic acid groups (broad SMARTS) is 1. The Morgan fingerprint density at radius 2 is 1.64 bits per heavy atom. The third kappa shape index (κ3) is 6.53. The minimum absolute atomic E-state index is 0.161. The first-order chi connectivity index (χ1) is 17.2. The number of carboxylic acids is 1. The number of ether oxygens (including phenoxy) is 2. The predicted molar refractivity (Wildman–Crippen MR) is 138 cm³/mol. The summed E-state index contributed by atoms with van der Waals surface area (Å²) in [5.41, 5.74) is 2.80. The molecule has 0 aromatic heterocycles. The van der Waals surface area contributed by atoms with Gasteiger partial charge in [-0.2, -0.15) is 0 Å². The van der Waals surface area contributed by atoms with Gasteiger partial charge >= 0.3 is 12.0 Å². The number of nitrogens with one attached hydrogen (secondary N) is 2. The number of carbonyl (C=O) groups is 3. The van der Waals surface area contributed by atoms with Crippen LogP contribution < -0.4 is 25.0 Å². The second-order valence-corrected chi connectivity index (χ2v) is 8.16. The van der Waals surface area contributed by atoms with Crippen molar-refractivity contribution in [2.45, 2.75) is 26.8 Å². The molecule has 0 spiro atoms. The smallest absolute Gasteiger partial charge is 0.335 e. The summed E-state index contributed by atoms with van der Waals surface area (Å²) >= 11 is 0. The molecular formula is C27H29N3O6. The van der Waals surface area contributed by atoms with E-state index in [4.69, 9.17) is 14.6 Å². The number of hydrogen-bond donors (Lipinski definition) is 3. The highest BCUT2D eigenvalue weighted by Crippen LogP contribution is 2.31. The zero-order chi connectivity index (χ0) is 26.2. The molecule has 0 saturated carbocycles. The van der Waals surface area contributed by atoms with Crippen molar-refractivity contribution in [3.8, 4) is 11.5 Å². The van der Waals surface area contributed by atoms with Crippen molar-refractivity contribution in [1.82, 2.24) is 0 Å². The molecule has 0 heterocycles. The summed E-state index contributed by atoms with van der Waals surface area (Å²) in [4.78, 5) is 37.6. The lowest BCUT2D eigenvalue weighted by Gasteiger charge is -2.29. The number of amides is 3. The lowest BCUT2D eigenvalue weighted by atomic mass is 10.2. The third-order valence-corrected chi connectivity index (χ3v) is 5.48. The van der Waals surface area contributed by atoms with Crippen LogP contribution in [0.5, 0.6) is 11.5 Å². The number of aromatic carboxylic acids is 1. The highest BCUT2D eigenvalue weighted by atomic mass is 16.5. The highest BCUT2D eigenvalue weighted by molar-refractivity contribution is 6.01. The van der Waals surface area contributed by atoms with E-state index in [-0.39, 0.29) is 24.1 Å². The molecule has 3 aromatic carbocycles. The fourth-order valence-electron chi connectivity index (χ4n) is 3.65. The van der Waals surface area contributed by atoms with Crippen LogP contribution in [-0.4, -0.2) is 42.8 Å². The molecule has 0 aliphatic carbocycles. The monoisotopic (exact) mass is 491 g/mol. The van der Waals surface area contributed by atoms with Crippen molar-refractivity contribution in [1.29, 1.82) is 0 Å². The van der Waals surface area contributed by atoms with E-state index in [0.717, 1.165) is 5.56 Å². The standard InChI is InChI=1S/C27H29N3O6/c1-17-7-5-6-8-23(17)28-27(34)29-24-14-11-21(15-25(24)35-4)30(19(3)31)18(2)16-36-22-12-9-20(10-13-22)26(32)33/h5-15,18H,16H2,1-4H3,(H,32,33)(H2,28,29,34)/t18-/m0/s1. The van der Waals surface area contributed by atoms with Gasteiger partial charge in [0, 0.05) is 24.4 Å². The quantitative estimate of drug-likeness (QED) is 0.380. The first kappa shape index (κ1) is 26.1. The van der Waals surface area contributed by atoms with Crippen LogP contribution in [0.1, 0.15) is 29.8 Å². The first-order valence-corrected chi connectivity index (χ1v) is 11.3. The van der Waals surface area contributed by atoms with Gasteiger partial charge in [-0.3, -0.25) is 4.79 Å². The Bertz CT molecular complexity index is 1240. The number of anilines is 3. The molecule has 0 unspecified atom stereocenters. The average molecular weight is 492 g/mol. The first-order valence-electron chi connectivity index (χ1n) is 11.3. The van der Waals surface area contributed by atoms with Gasteiger partial charge in [0.2, 0.25) is 5.91 Å². The van der Waals surface area contributed by atoms with E-state index in [1.807, 2.05) is 38.1 Å². The second-order valence-electron chi connectivity index (χ2n) is 8.16. The van der Waals surface area contributed by atoms with Crippen molar-refractivity contribution < 1.29 is 29.0 Å². The number of rotatable bonds is 9. The Morgan fingerprint density at radius 1 is 0.972 bits per heavy atom. The van der Waals surface area contributed by atoms with Crippen molar-refractivity contribution in [2.24, 2.45) is 0 Å². The largest absolute Gasteiger partial charge is 0.494 e. The Hall–Kier alpha value is -4.53. The van der Waals surface area contributed by atoms with E-state index < -0.39 is 12.0 Å². The number of nitrogens with zero attached hydrogens (tertiary/aromatic N) is 1. The molecule has 3 rings (SSSR count). The topological polar surface area (TPSA) is 117 Å². The minimum atomic E-state index is -1.02. The predicted octanol–water partition coefficient (Wildman–Crippen LogP) is 5.17. The van der Waals surface area contributed by atoms with Crippen LogP contribution in [0.3, 0.4) is 0 Å². The molecule has 0 fully saturated rings. The zero-order valence-corrected chi connectivity index (χ0v) is 20.6. The fraction of sp³-hybridized carbons (Fsp3) is 0.222. The number of methoxy groups -OCH3 is 1. The normalized spacial score (nSPS) is 11.2. The van der Waals surface area contributed by atoms with E-state index in [0.29, 0.717) is 28.6 Å². The van der Waals surface area contributed by atoms with E-state index in [1.54, 1.807) is 35.2 Å². The summed E-state index contributed by atoms with van der Waals surface area (Å²) < 4.78 is 11.2. The van der Waals surface area contributed by atoms with Crippen LogP contribution in [0, 0.1) is 6.92 Å². The summed E-state index contributed by atoms with van der Waals surface area (Å²) in [7, 11) is 1.48. The molecule has 3 amide bonds. The highest BCUT2D eigenvalue weighted by Gasteiger charge is 2.21. The van der Waals surface area contributed by atoms with Crippen LogP contribution in [0.4, 0.5) is 21.9 Å². The molecule has 3 aromatic rings. The maximum absolute atomic E-state index is 12.5.